The molecule has 0 bridgehead atoms. The highest BCUT2D eigenvalue weighted by atomic mass is 32.2. The molecule has 0 saturated heterocycles. The Morgan fingerprint density at radius 3 is 2.11 bits per heavy atom. The molecule has 9 nitrogen and oxygen atoms in total. The highest BCUT2D eigenvalue weighted by Crippen LogP contribution is 2.21. The van der Waals surface area contributed by atoms with E-state index in [0.29, 0.717) is 0 Å². The van der Waals surface area contributed by atoms with E-state index in [1.165, 1.54) is 26.2 Å². The number of anilines is 1. The van der Waals surface area contributed by atoms with Gasteiger partial charge >= 0.3 is 5.97 Å². The Balaban J connectivity index is 2.91. The lowest BCUT2D eigenvalue weighted by Crippen LogP contribution is -2.40. The van der Waals surface area contributed by atoms with Gasteiger partial charge in [0.1, 0.15) is 0 Å². The summed E-state index contributed by atoms with van der Waals surface area (Å²) in [6, 6.07) is 4.78. The molecule has 0 aliphatic heterocycles. The van der Waals surface area contributed by atoms with Gasteiger partial charge in [0.15, 0.2) is 18.0 Å². The number of carbonyl (C=O) groups excluding carboxylic acids is 3. The van der Waals surface area contributed by atoms with Crippen LogP contribution in [0.4, 0.5) is 5.69 Å². The summed E-state index contributed by atoms with van der Waals surface area (Å²) < 4.78 is 41.1. The van der Waals surface area contributed by atoms with Crippen LogP contribution in [-0.2, 0) is 34.0 Å². The van der Waals surface area contributed by atoms with Crippen molar-refractivity contribution in [2.24, 2.45) is 5.41 Å². The highest BCUT2D eigenvalue weighted by molar-refractivity contribution is 7.85. The van der Waals surface area contributed by atoms with Crippen molar-refractivity contribution in [1.29, 1.82) is 0 Å². The number of nitrogens with one attached hydrogen (secondary N) is 1. The summed E-state index contributed by atoms with van der Waals surface area (Å²) in [4.78, 5) is 36.5. The molecule has 0 fully saturated rings. The minimum absolute atomic E-state index is 0.246. The monoisotopic (exact) mass is 415 g/mol. The Morgan fingerprint density at radius 2 is 1.68 bits per heavy atom. The number of amides is 1. The van der Waals surface area contributed by atoms with E-state index in [-0.39, 0.29) is 10.6 Å². The molecule has 1 aromatic rings. The molecule has 2 atom stereocenters. The fraction of sp³-hybridized carbons (Fsp3) is 0.500. The third-order valence-corrected chi connectivity index (χ3v) is 4.65. The Bertz CT molecular complexity index is 824. The van der Waals surface area contributed by atoms with E-state index >= 15 is 0 Å². The number of hydrogen-bond donors (Lipinski definition) is 2. The van der Waals surface area contributed by atoms with Gasteiger partial charge in [-0.1, -0.05) is 20.8 Å². The van der Waals surface area contributed by atoms with E-state index in [0.717, 1.165) is 12.1 Å². The number of hydrogen-bond acceptors (Lipinski definition) is 7. The number of Topliss-reactive ketones (excluding diaryl/α,β-unsaturated/α-hetero) is 1. The summed E-state index contributed by atoms with van der Waals surface area (Å²) >= 11 is 0. The first-order valence-corrected chi connectivity index (χ1v) is 9.84. The second kappa shape index (κ2) is 9.26. The largest absolute Gasteiger partial charge is 0.452 e. The van der Waals surface area contributed by atoms with Crippen LogP contribution in [0.1, 0.15) is 34.1 Å². The maximum atomic E-state index is 12.6. The van der Waals surface area contributed by atoms with E-state index in [9.17, 15) is 22.8 Å². The van der Waals surface area contributed by atoms with Crippen molar-refractivity contribution in [2.75, 3.05) is 12.4 Å². The van der Waals surface area contributed by atoms with Crippen LogP contribution >= 0.6 is 0 Å². The minimum Gasteiger partial charge on any atom is -0.452 e. The lowest BCUT2D eigenvalue weighted by molar-refractivity contribution is -0.166. The summed E-state index contributed by atoms with van der Waals surface area (Å²) in [5, 5.41) is 2.48. The van der Waals surface area contributed by atoms with Crippen molar-refractivity contribution in [3.8, 4) is 0 Å². The van der Waals surface area contributed by atoms with Crippen molar-refractivity contribution in [3.63, 3.8) is 0 Å². The molecule has 0 heterocycles. The first-order valence-electron chi connectivity index (χ1n) is 8.40. The molecule has 2 unspecified atom stereocenters. The third-order valence-electron chi connectivity index (χ3n) is 3.78. The van der Waals surface area contributed by atoms with Gasteiger partial charge in [-0.2, -0.15) is 8.42 Å². The molecule has 0 aromatic heterocycles. The first-order chi connectivity index (χ1) is 12.8. The molecule has 156 valence electrons. The number of rotatable bonds is 8. The fourth-order valence-corrected chi connectivity index (χ4v) is 2.57. The molecule has 0 radical (unpaired) electrons. The Hall–Kier alpha value is -2.30. The summed E-state index contributed by atoms with van der Waals surface area (Å²) in [6.45, 7) is 6.38. The van der Waals surface area contributed by atoms with E-state index < -0.39 is 51.8 Å². The lowest BCUT2D eigenvalue weighted by Gasteiger charge is -2.25. The molecule has 1 amide bonds. The van der Waals surface area contributed by atoms with Crippen LogP contribution in [0.5, 0.6) is 0 Å². The Morgan fingerprint density at radius 1 is 1.14 bits per heavy atom. The smallest absolute Gasteiger partial charge is 0.335 e. The maximum Gasteiger partial charge on any atom is 0.335 e. The van der Waals surface area contributed by atoms with Crippen LogP contribution in [0.15, 0.2) is 29.2 Å². The predicted molar refractivity (Wildman–Crippen MR) is 100 cm³/mol. The van der Waals surface area contributed by atoms with Gasteiger partial charge < -0.3 is 14.8 Å². The lowest BCUT2D eigenvalue weighted by atomic mass is 9.86. The molecular formula is C18H25NO8S. The summed E-state index contributed by atoms with van der Waals surface area (Å²) in [5.74, 6) is -1.81. The van der Waals surface area contributed by atoms with Crippen molar-refractivity contribution in [3.05, 3.63) is 24.3 Å². The van der Waals surface area contributed by atoms with Gasteiger partial charge in [0.25, 0.3) is 10.1 Å². The zero-order valence-electron chi connectivity index (χ0n) is 16.4. The topological polar surface area (TPSA) is 136 Å². The van der Waals surface area contributed by atoms with Crippen LogP contribution in [0.2, 0.25) is 0 Å². The van der Waals surface area contributed by atoms with Crippen molar-refractivity contribution in [2.45, 2.75) is 51.2 Å². The van der Waals surface area contributed by atoms with E-state index in [1.54, 1.807) is 20.8 Å². The van der Waals surface area contributed by atoms with Crippen LogP contribution < -0.4 is 5.32 Å². The number of methoxy groups -OCH3 is 1. The van der Waals surface area contributed by atoms with E-state index in [1.807, 2.05) is 0 Å². The second-order valence-electron chi connectivity index (χ2n) is 7.17. The summed E-state index contributed by atoms with van der Waals surface area (Å²) in [6.07, 6.45) is -2.62. The number of esters is 1. The summed E-state index contributed by atoms with van der Waals surface area (Å²) in [7, 11) is -3.03. The van der Waals surface area contributed by atoms with Crippen LogP contribution in [0.25, 0.3) is 0 Å². The number of ketones is 1. The van der Waals surface area contributed by atoms with Gasteiger partial charge in [-0.3, -0.25) is 14.1 Å². The molecule has 28 heavy (non-hydrogen) atoms. The van der Waals surface area contributed by atoms with Gasteiger partial charge in [-0.15, -0.1) is 0 Å². The summed E-state index contributed by atoms with van der Waals surface area (Å²) in [5.41, 5.74) is -0.602. The van der Waals surface area contributed by atoms with Gasteiger partial charge in [-0.25, -0.2) is 4.79 Å². The first kappa shape index (κ1) is 23.7. The minimum atomic E-state index is -4.35. The average Bonchev–Trinajstić information content (AvgIpc) is 2.58. The quantitative estimate of drug-likeness (QED) is 0.485. The van der Waals surface area contributed by atoms with Gasteiger partial charge in [-0.05, 0) is 31.2 Å². The zero-order chi connectivity index (χ0) is 21.7. The molecule has 0 aliphatic rings. The second-order valence-corrected chi connectivity index (χ2v) is 8.59. The number of benzene rings is 1. The number of carbonyl (C=O) groups is 3. The molecule has 0 aliphatic carbocycles. The maximum absolute atomic E-state index is 12.6. The van der Waals surface area contributed by atoms with Gasteiger partial charge in [0.05, 0.1) is 11.3 Å². The molecule has 2 N–H and O–H groups in total. The zero-order valence-corrected chi connectivity index (χ0v) is 17.2. The van der Waals surface area contributed by atoms with Crippen molar-refractivity contribution >= 4 is 33.5 Å². The van der Waals surface area contributed by atoms with E-state index in [4.69, 9.17) is 14.0 Å². The molecule has 10 heteroatoms. The van der Waals surface area contributed by atoms with E-state index in [2.05, 4.69) is 5.32 Å². The molecule has 0 saturated carbocycles. The Labute approximate surface area is 164 Å². The highest BCUT2D eigenvalue weighted by Gasteiger charge is 2.35. The Kier molecular flexibility index (Phi) is 7.85. The molecule has 1 rings (SSSR count). The fourth-order valence-electron chi connectivity index (χ4n) is 2.09. The van der Waals surface area contributed by atoms with Crippen molar-refractivity contribution in [1.82, 2.24) is 0 Å². The van der Waals surface area contributed by atoms with Gasteiger partial charge in [0.2, 0.25) is 5.91 Å². The molecular weight excluding hydrogens is 390 g/mol. The SMILES string of the molecule is COC(C)C(=O)OC(CC(=O)Nc1ccc(S(=O)(=O)O)cc1)C(=O)C(C)(C)C. The van der Waals surface area contributed by atoms with Gasteiger partial charge in [0, 0.05) is 18.2 Å². The number of ether oxygens (including phenoxy) is 2. The van der Waals surface area contributed by atoms with Crippen LogP contribution in [0, 0.1) is 5.41 Å². The molecule has 1 aromatic carbocycles. The predicted octanol–water partition coefficient (Wildman–Crippen LogP) is 1.82. The van der Waals surface area contributed by atoms with Crippen LogP contribution in [0.3, 0.4) is 0 Å². The van der Waals surface area contributed by atoms with Crippen molar-refractivity contribution < 1.29 is 36.8 Å². The standard InChI is InChI=1S/C18H25NO8S/c1-11(26-5)17(22)27-14(16(21)18(2,3)4)10-15(20)19-12-6-8-13(9-7-12)28(23,24)25/h6-9,11,14H,10H2,1-5H3,(H,19,20)(H,23,24,25). The van der Waals surface area contributed by atoms with Crippen LogP contribution in [-0.4, -0.2) is 49.9 Å². The third kappa shape index (κ3) is 7.02. The normalized spacial score (nSPS) is 14.1. The molecule has 0 spiro atoms. The average molecular weight is 415 g/mol.